The summed E-state index contributed by atoms with van der Waals surface area (Å²) < 4.78 is 12.3. The minimum absolute atomic E-state index is 0.0279. The highest BCUT2D eigenvalue weighted by molar-refractivity contribution is 7.94. The molecule has 2 aromatic rings. The summed E-state index contributed by atoms with van der Waals surface area (Å²) in [5.74, 6) is 0.753. The van der Waals surface area contributed by atoms with Crippen molar-refractivity contribution in [3.63, 3.8) is 0 Å². The predicted octanol–water partition coefficient (Wildman–Crippen LogP) is 2.87. The van der Waals surface area contributed by atoms with E-state index in [2.05, 4.69) is 24.8 Å². The molecule has 3 rings (SSSR count). The first-order chi connectivity index (χ1) is 11.0. The summed E-state index contributed by atoms with van der Waals surface area (Å²) in [6.45, 7) is 6.05. The van der Waals surface area contributed by atoms with E-state index in [1.807, 2.05) is 24.4 Å². The molecule has 2 heterocycles. The van der Waals surface area contributed by atoms with Crippen LogP contribution in [0.4, 0.5) is 5.69 Å². The Labute approximate surface area is 140 Å². The van der Waals surface area contributed by atoms with Crippen molar-refractivity contribution in [2.75, 3.05) is 31.1 Å². The number of pyridine rings is 1. The standard InChI is InChI=1S/C17H22N2O3S/c1-17(2)11-22-23-12-19(17)14-5-4-13-6-7-18(8-9-21-3)16(20)15(13)10-14/h4-7,10H,8-9,11-12H2,1-3H3. The van der Waals surface area contributed by atoms with Crippen molar-refractivity contribution in [3.8, 4) is 0 Å². The summed E-state index contributed by atoms with van der Waals surface area (Å²) in [6, 6.07) is 8.07. The van der Waals surface area contributed by atoms with Gasteiger partial charge in [-0.25, -0.2) is 0 Å². The van der Waals surface area contributed by atoms with Gasteiger partial charge >= 0.3 is 0 Å². The second-order valence-electron chi connectivity index (χ2n) is 6.33. The molecule has 5 nitrogen and oxygen atoms in total. The van der Waals surface area contributed by atoms with Crippen LogP contribution in [0.15, 0.2) is 35.3 Å². The Morgan fingerprint density at radius 2 is 2.17 bits per heavy atom. The van der Waals surface area contributed by atoms with Gasteiger partial charge in [0, 0.05) is 43.0 Å². The van der Waals surface area contributed by atoms with Gasteiger partial charge in [0.05, 0.1) is 24.6 Å². The lowest BCUT2D eigenvalue weighted by molar-refractivity contribution is 0.186. The first kappa shape index (κ1) is 16.4. The minimum Gasteiger partial charge on any atom is -0.383 e. The van der Waals surface area contributed by atoms with Gasteiger partial charge in [-0.2, -0.15) is 0 Å². The number of aromatic nitrogens is 1. The molecule has 0 radical (unpaired) electrons. The van der Waals surface area contributed by atoms with Gasteiger partial charge in [-0.3, -0.25) is 4.79 Å². The lowest BCUT2D eigenvalue weighted by atomic mass is 10.0. The lowest BCUT2D eigenvalue weighted by Crippen LogP contribution is -2.50. The van der Waals surface area contributed by atoms with Crippen molar-refractivity contribution in [2.45, 2.75) is 25.9 Å². The zero-order valence-corrected chi connectivity index (χ0v) is 14.6. The Bertz CT molecular complexity index is 757. The largest absolute Gasteiger partial charge is 0.383 e. The van der Waals surface area contributed by atoms with Gasteiger partial charge in [-0.1, -0.05) is 6.07 Å². The molecule has 1 aromatic carbocycles. The van der Waals surface area contributed by atoms with Gasteiger partial charge in [0.15, 0.2) is 0 Å². The Morgan fingerprint density at radius 1 is 1.35 bits per heavy atom. The average Bonchev–Trinajstić information content (AvgIpc) is 2.54. The molecule has 23 heavy (non-hydrogen) atoms. The highest BCUT2D eigenvalue weighted by Crippen LogP contribution is 2.32. The summed E-state index contributed by atoms with van der Waals surface area (Å²) in [4.78, 5) is 15.0. The van der Waals surface area contributed by atoms with Crippen LogP contribution in [0.25, 0.3) is 10.8 Å². The van der Waals surface area contributed by atoms with Crippen LogP contribution in [-0.4, -0.2) is 36.3 Å². The van der Waals surface area contributed by atoms with Crippen molar-refractivity contribution in [2.24, 2.45) is 0 Å². The van der Waals surface area contributed by atoms with Gasteiger partial charge in [-0.05, 0) is 37.4 Å². The Hall–Kier alpha value is -1.50. The van der Waals surface area contributed by atoms with E-state index in [9.17, 15) is 4.79 Å². The molecule has 124 valence electrons. The molecule has 1 aliphatic heterocycles. The molecule has 0 atom stereocenters. The van der Waals surface area contributed by atoms with E-state index in [-0.39, 0.29) is 11.1 Å². The fraction of sp³-hybridized carbons (Fsp3) is 0.471. The molecule has 0 saturated carbocycles. The number of hydrogen-bond acceptors (Lipinski definition) is 5. The van der Waals surface area contributed by atoms with Crippen molar-refractivity contribution in [3.05, 3.63) is 40.8 Å². The molecule has 1 fully saturated rings. The number of hydrogen-bond donors (Lipinski definition) is 0. The van der Waals surface area contributed by atoms with Gasteiger partial charge in [0.1, 0.15) is 0 Å². The topological polar surface area (TPSA) is 43.7 Å². The van der Waals surface area contributed by atoms with Gasteiger partial charge < -0.3 is 18.4 Å². The van der Waals surface area contributed by atoms with Gasteiger partial charge in [0.25, 0.3) is 5.56 Å². The van der Waals surface area contributed by atoms with Crippen LogP contribution < -0.4 is 10.5 Å². The summed E-state index contributed by atoms with van der Waals surface area (Å²) in [6.07, 6.45) is 1.83. The SMILES string of the molecule is COCCn1ccc2ccc(N3CSOCC3(C)C)cc2c1=O. The molecule has 6 heteroatoms. The Balaban J connectivity index is 2.03. The van der Waals surface area contributed by atoms with E-state index in [4.69, 9.17) is 8.92 Å². The number of methoxy groups -OCH3 is 1. The van der Waals surface area contributed by atoms with Gasteiger partial charge in [-0.15, -0.1) is 0 Å². The maximum atomic E-state index is 12.7. The molecular formula is C17H22N2O3S. The molecule has 1 aliphatic rings. The molecule has 0 amide bonds. The van der Waals surface area contributed by atoms with Crippen molar-refractivity contribution in [1.29, 1.82) is 0 Å². The van der Waals surface area contributed by atoms with E-state index < -0.39 is 0 Å². The summed E-state index contributed by atoms with van der Waals surface area (Å²) in [5, 5.41) is 1.71. The van der Waals surface area contributed by atoms with E-state index in [0.29, 0.717) is 19.8 Å². The number of ether oxygens (including phenoxy) is 1. The second kappa shape index (κ2) is 6.55. The quantitative estimate of drug-likeness (QED) is 0.805. The second-order valence-corrected chi connectivity index (χ2v) is 7.06. The van der Waals surface area contributed by atoms with Crippen LogP contribution in [0.1, 0.15) is 13.8 Å². The van der Waals surface area contributed by atoms with Gasteiger partial charge in [0.2, 0.25) is 0 Å². The number of benzene rings is 1. The van der Waals surface area contributed by atoms with Crippen LogP contribution in [0.2, 0.25) is 0 Å². The van der Waals surface area contributed by atoms with E-state index >= 15 is 0 Å². The zero-order valence-electron chi connectivity index (χ0n) is 13.7. The highest BCUT2D eigenvalue weighted by atomic mass is 32.2. The van der Waals surface area contributed by atoms with Crippen LogP contribution in [0.5, 0.6) is 0 Å². The van der Waals surface area contributed by atoms with Crippen molar-refractivity contribution < 1.29 is 8.92 Å². The smallest absolute Gasteiger partial charge is 0.258 e. The van der Waals surface area contributed by atoms with E-state index in [1.54, 1.807) is 11.7 Å². The molecule has 0 aliphatic carbocycles. The summed E-state index contributed by atoms with van der Waals surface area (Å²) in [7, 11) is 1.64. The summed E-state index contributed by atoms with van der Waals surface area (Å²) >= 11 is 1.45. The van der Waals surface area contributed by atoms with Crippen LogP contribution >= 0.6 is 12.0 Å². The molecular weight excluding hydrogens is 312 g/mol. The zero-order chi connectivity index (χ0) is 16.4. The first-order valence-corrected chi connectivity index (χ1v) is 8.58. The van der Waals surface area contributed by atoms with Crippen molar-refractivity contribution >= 4 is 28.5 Å². The number of fused-ring (bicyclic) bond motifs is 1. The molecule has 0 unspecified atom stereocenters. The molecule has 0 spiro atoms. The predicted molar refractivity (Wildman–Crippen MR) is 95.1 cm³/mol. The first-order valence-electron chi connectivity index (χ1n) is 7.67. The average molecular weight is 334 g/mol. The maximum absolute atomic E-state index is 12.7. The van der Waals surface area contributed by atoms with E-state index in [0.717, 1.165) is 22.3 Å². The molecule has 0 bridgehead atoms. The molecule has 1 aromatic heterocycles. The maximum Gasteiger partial charge on any atom is 0.258 e. The van der Waals surface area contributed by atoms with Crippen LogP contribution in [0, 0.1) is 0 Å². The Morgan fingerprint density at radius 3 is 2.91 bits per heavy atom. The lowest BCUT2D eigenvalue weighted by Gasteiger charge is -2.42. The third-order valence-electron chi connectivity index (χ3n) is 4.22. The summed E-state index contributed by atoms with van der Waals surface area (Å²) in [5.41, 5.74) is 0.989. The van der Waals surface area contributed by atoms with E-state index in [1.165, 1.54) is 12.0 Å². The highest BCUT2D eigenvalue weighted by Gasteiger charge is 2.31. The monoisotopic (exact) mass is 334 g/mol. The number of nitrogens with zero attached hydrogens (tertiary/aromatic N) is 2. The molecule has 1 saturated heterocycles. The molecule has 0 N–H and O–H groups in total. The van der Waals surface area contributed by atoms with Crippen LogP contribution in [-0.2, 0) is 15.5 Å². The normalized spacial score (nSPS) is 17.6. The number of anilines is 1. The fourth-order valence-corrected chi connectivity index (χ4v) is 3.80. The third-order valence-corrected chi connectivity index (χ3v) is 4.87. The van der Waals surface area contributed by atoms with Crippen molar-refractivity contribution in [1.82, 2.24) is 4.57 Å². The fourth-order valence-electron chi connectivity index (χ4n) is 2.75. The Kier molecular flexibility index (Phi) is 4.66. The van der Waals surface area contributed by atoms with Crippen LogP contribution in [0.3, 0.4) is 0 Å². The third kappa shape index (κ3) is 3.24. The number of rotatable bonds is 4. The minimum atomic E-state index is -0.0945.